The Bertz CT molecular complexity index is 841. The van der Waals surface area contributed by atoms with E-state index >= 15 is 0 Å². The molecule has 2 N–H and O–H groups in total. The Labute approximate surface area is 136 Å². The van der Waals surface area contributed by atoms with Crippen molar-refractivity contribution in [3.63, 3.8) is 0 Å². The van der Waals surface area contributed by atoms with E-state index in [9.17, 15) is 18.3 Å². The maximum Gasteiger partial charge on any atom is 0.266 e. The first-order valence-corrected chi connectivity index (χ1v) is 8.66. The van der Waals surface area contributed by atoms with E-state index in [0.29, 0.717) is 11.7 Å². The summed E-state index contributed by atoms with van der Waals surface area (Å²) in [5.41, 5.74) is 2.35. The van der Waals surface area contributed by atoms with Gasteiger partial charge >= 0.3 is 0 Å². The van der Waals surface area contributed by atoms with Gasteiger partial charge < -0.3 is 5.11 Å². The van der Waals surface area contributed by atoms with Gasteiger partial charge in [0.05, 0.1) is 5.56 Å². The first-order valence-electron chi connectivity index (χ1n) is 7.18. The molecule has 3 rings (SSSR count). The molecule has 1 heterocycles. The van der Waals surface area contributed by atoms with Crippen molar-refractivity contribution >= 4 is 15.9 Å². The molecule has 0 radical (unpaired) electrons. The van der Waals surface area contributed by atoms with Crippen LogP contribution in [0.4, 0.5) is 0 Å². The Morgan fingerprint density at radius 2 is 1.74 bits per heavy atom. The van der Waals surface area contributed by atoms with Crippen molar-refractivity contribution in [3.05, 3.63) is 59.2 Å². The number of carbonyl (C=O) groups excluding carboxylic acids is 1. The monoisotopic (exact) mass is 333 g/mol. The molecule has 5 nitrogen and oxygen atoms in total. The number of nitrogens with one attached hydrogen (secondary N) is 1. The lowest BCUT2D eigenvalue weighted by atomic mass is 10.0. The summed E-state index contributed by atoms with van der Waals surface area (Å²) in [6.45, 7) is 6.12. The average molecular weight is 333 g/mol. The zero-order valence-electron chi connectivity index (χ0n) is 13.2. The highest BCUT2D eigenvalue weighted by Crippen LogP contribution is 2.25. The summed E-state index contributed by atoms with van der Waals surface area (Å²) in [6.07, 6.45) is 0. The van der Waals surface area contributed by atoms with Crippen molar-refractivity contribution in [1.29, 1.82) is 0 Å². The Kier molecular flexibility index (Phi) is 4.75. The van der Waals surface area contributed by atoms with Crippen LogP contribution in [0.3, 0.4) is 0 Å². The van der Waals surface area contributed by atoms with Crippen molar-refractivity contribution in [1.82, 2.24) is 4.72 Å². The van der Waals surface area contributed by atoms with Gasteiger partial charge in [-0.3, -0.25) is 4.79 Å². The molecule has 1 aliphatic rings. The number of benzene rings is 2. The van der Waals surface area contributed by atoms with E-state index in [-0.39, 0.29) is 10.5 Å². The van der Waals surface area contributed by atoms with Gasteiger partial charge in [-0.25, -0.2) is 13.1 Å². The van der Waals surface area contributed by atoms with Crippen LogP contribution in [-0.4, -0.2) is 19.4 Å². The van der Waals surface area contributed by atoms with Crippen LogP contribution in [0.1, 0.15) is 41.3 Å². The third kappa shape index (κ3) is 3.71. The lowest BCUT2D eigenvalue weighted by Crippen LogP contribution is -2.20. The summed E-state index contributed by atoms with van der Waals surface area (Å²) >= 11 is 0. The van der Waals surface area contributed by atoms with E-state index < -0.39 is 15.9 Å². The number of amides is 1. The minimum absolute atomic E-state index is 0.0648. The number of fused-ring (bicyclic) bond motifs is 1. The molecule has 2 aromatic carbocycles. The SMILES string of the molecule is Cc1ccc(C(C)C)c(O)c1.O=C1NS(=O)(=O)c2ccccc21. The third-order valence-electron chi connectivity index (χ3n) is 3.46. The molecule has 122 valence electrons. The molecule has 0 fully saturated rings. The molecule has 2 aromatic rings. The molecular weight excluding hydrogens is 314 g/mol. The zero-order valence-corrected chi connectivity index (χ0v) is 14.0. The average Bonchev–Trinajstić information content (AvgIpc) is 2.70. The number of phenols is 1. The summed E-state index contributed by atoms with van der Waals surface area (Å²) in [7, 11) is -3.55. The van der Waals surface area contributed by atoms with E-state index in [1.165, 1.54) is 12.1 Å². The van der Waals surface area contributed by atoms with Crippen LogP contribution in [-0.2, 0) is 10.0 Å². The molecule has 1 aliphatic heterocycles. The molecule has 0 atom stereocenters. The summed E-state index contributed by atoms with van der Waals surface area (Å²) in [5.74, 6) is 0.265. The van der Waals surface area contributed by atoms with Gasteiger partial charge in [0.15, 0.2) is 0 Å². The number of aryl methyl sites for hydroxylation is 1. The van der Waals surface area contributed by atoms with Crippen LogP contribution >= 0.6 is 0 Å². The van der Waals surface area contributed by atoms with Crippen LogP contribution in [0.5, 0.6) is 5.75 Å². The zero-order chi connectivity index (χ0) is 17.2. The Balaban J connectivity index is 0.000000168. The molecule has 0 unspecified atom stereocenters. The van der Waals surface area contributed by atoms with Gasteiger partial charge in [0.1, 0.15) is 10.6 Å². The molecule has 0 aliphatic carbocycles. The number of phenolic OH excluding ortho intramolecular Hbond substituents is 1. The quantitative estimate of drug-likeness (QED) is 0.840. The van der Waals surface area contributed by atoms with Crippen LogP contribution in [0, 0.1) is 6.92 Å². The first kappa shape index (κ1) is 17.0. The van der Waals surface area contributed by atoms with E-state index in [1.54, 1.807) is 18.2 Å². The van der Waals surface area contributed by atoms with Gasteiger partial charge in [-0.1, -0.05) is 38.1 Å². The third-order valence-corrected chi connectivity index (χ3v) is 4.85. The minimum Gasteiger partial charge on any atom is -0.508 e. The van der Waals surface area contributed by atoms with Crippen LogP contribution < -0.4 is 4.72 Å². The van der Waals surface area contributed by atoms with Crippen LogP contribution in [0.2, 0.25) is 0 Å². The van der Waals surface area contributed by atoms with Crippen molar-refractivity contribution in [2.45, 2.75) is 31.6 Å². The van der Waals surface area contributed by atoms with Crippen molar-refractivity contribution < 1.29 is 18.3 Å². The highest BCUT2D eigenvalue weighted by atomic mass is 32.2. The van der Waals surface area contributed by atoms with Gasteiger partial charge in [-0.15, -0.1) is 0 Å². The predicted molar refractivity (Wildman–Crippen MR) is 88.0 cm³/mol. The number of hydrogen-bond acceptors (Lipinski definition) is 4. The van der Waals surface area contributed by atoms with Gasteiger partial charge in [-0.05, 0) is 42.2 Å². The minimum atomic E-state index is -3.55. The van der Waals surface area contributed by atoms with Crippen LogP contribution in [0.15, 0.2) is 47.4 Å². The maximum absolute atomic E-state index is 11.1. The molecule has 0 aromatic heterocycles. The van der Waals surface area contributed by atoms with Gasteiger partial charge in [0.25, 0.3) is 15.9 Å². The fraction of sp³-hybridized carbons (Fsp3) is 0.235. The fourth-order valence-corrected chi connectivity index (χ4v) is 3.43. The van der Waals surface area contributed by atoms with Gasteiger partial charge in [0, 0.05) is 0 Å². The fourth-order valence-electron chi connectivity index (χ4n) is 2.26. The topological polar surface area (TPSA) is 83.5 Å². The standard InChI is InChI=1S/C10H14O.C7H5NO3S/c1-7(2)9-5-4-8(3)6-10(9)11;9-7-5-3-1-2-4-6(5)12(10,11)8-7/h4-7,11H,1-3H3;1-4H,(H,8,9). The first-order chi connectivity index (χ1) is 10.7. The summed E-state index contributed by atoms with van der Waals surface area (Å²) < 4.78 is 24.2. The van der Waals surface area contributed by atoms with Gasteiger partial charge in [-0.2, -0.15) is 0 Å². The molecule has 1 amide bonds. The van der Waals surface area contributed by atoms with Crippen molar-refractivity contribution in [2.75, 3.05) is 0 Å². The number of rotatable bonds is 1. The highest BCUT2D eigenvalue weighted by Gasteiger charge is 2.31. The Morgan fingerprint density at radius 1 is 1.09 bits per heavy atom. The Hall–Kier alpha value is -2.34. The number of sulfonamides is 1. The molecule has 6 heteroatoms. The second kappa shape index (κ2) is 6.42. The van der Waals surface area contributed by atoms with Crippen molar-refractivity contribution in [2.24, 2.45) is 0 Å². The molecular formula is C17H19NO4S. The summed E-state index contributed by atoms with van der Waals surface area (Å²) in [6, 6.07) is 11.9. The van der Waals surface area contributed by atoms with Gasteiger partial charge in [0.2, 0.25) is 0 Å². The lowest BCUT2D eigenvalue weighted by molar-refractivity contribution is 0.0985. The molecule has 0 saturated heterocycles. The number of carbonyl (C=O) groups is 1. The second-order valence-corrected chi connectivity index (χ2v) is 7.30. The van der Waals surface area contributed by atoms with E-state index in [0.717, 1.165) is 11.1 Å². The summed E-state index contributed by atoms with van der Waals surface area (Å²) in [5, 5.41) is 9.46. The molecule has 0 bridgehead atoms. The second-order valence-electron chi connectivity index (χ2n) is 5.65. The maximum atomic E-state index is 11.1. The Morgan fingerprint density at radius 3 is 2.30 bits per heavy atom. The highest BCUT2D eigenvalue weighted by molar-refractivity contribution is 7.90. The molecule has 0 spiro atoms. The van der Waals surface area contributed by atoms with Crippen molar-refractivity contribution in [3.8, 4) is 5.75 Å². The lowest BCUT2D eigenvalue weighted by Gasteiger charge is -2.07. The number of hydrogen-bond donors (Lipinski definition) is 2. The summed E-state index contributed by atoms with van der Waals surface area (Å²) in [4.78, 5) is 11.1. The normalized spacial score (nSPS) is 14.7. The number of aromatic hydroxyl groups is 1. The van der Waals surface area contributed by atoms with Crippen LogP contribution in [0.25, 0.3) is 0 Å². The van der Waals surface area contributed by atoms with E-state index in [2.05, 4.69) is 13.8 Å². The smallest absolute Gasteiger partial charge is 0.266 e. The van der Waals surface area contributed by atoms with E-state index in [1.807, 2.05) is 23.8 Å². The molecule has 23 heavy (non-hydrogen) atoms. The van der Waals surface area contributed by atoms with E-state index in [4.69, 9.17) is 0 Å². The largest absolute Gasteiger partial charge is 0.508 e. The molecule has 0 saturated carbocycles. The predicted octanol–water partition coefficient (Wildman–Crippen LogP) is 2.94.